The molecule has 5 heteroatoms. The summed E-state index contributed by atoms with van der Waals surface area (Å²) in [6.07, 6.45) is 11.2. The molecule has 2 N–H and O–H groups in total. The number of rotatable bonds is 3. The smallest absolute Gasteiger partial charge is 0.335 e. The second-order valence-corrected chi connectivity index (χ2v) is 11.0. The first-order valence-electron chi connectivity index (χ1n) is 11.9. The maximum Gasteiger partial charge on any atom is 0.335 e. The van der Waals surface area contributed by atoms with Crippen LogP contribution in [0.25, 0.3) is 0 Å². The molecular weight excluding hydrogens is 380 g/mol. The lowest BCUT2D eigenvalue weighted by atomic mass is 9.43. The van der Waals surface area contributed by atoms with E-state index in [0.717, 1.165) is 63.4 Å². The third kappa shape index (κ3) is 2.81. The zero-order valence-electron chi connectivity index (χ0n) is 18.3. The lowest BCUT2D eigenvalue weighted by molar-refractivity contribution is -0.209. The molecular formula is C25H36O5. The van der Waals surface area contributed by atoms with E-state index in [1.54, 1.807) is 6.26 Å². The molecule has 4 saturated carbocycles. The normalized spacial score (nSPS) is 47.9. The van der Waals surface area contributed by atoms with Crippen LogP contribution in [-0.4, -0.2) is 28.7 Å². The van der Waals surface area contributed by atoms with Gasteiger partial charge in [0, 0.05) is 11.5 Å². The van der Waals surface area contributed by atoms with Crippen molar-refractivity contribution in [1.29, 1.82) is 0 Å². The summed E-state index contributed by atoms with van der Waals surface area (Å²) in [5.74, 6) is 1.76. The molecule has 4 aliphatic rings. The number of hydrogen-bond donors (Lipinski definition) is 2. The van der Waals surface area contributed by atoms with Crippen LogP contribution in [0.2, 0.25) is 0 Å². The molecule has 0 amide bonds. The summed E-state index contributed by atoms with van der Waals surface area (Å²) in [5, 5.41) is 21.4. The molecule has 5 rings (SSSR count). The van der Waals surface area contributed by atoms with E-state index in [4.69, 9.17) is 9.15 Å². The Morgan fingerprint density at radius 3 is 2.63 bits per heavy atom. The minimum Gasteiger partial charge on any atom is -0.431 e. The van der Waals surface area contributed by atoms with Crippen LogP contribution in [0.15, 0.2) is 27.6 Å². The fraction of sp³-hybridized carbons (Fsp3) is 0.800. The molecule has 8 atom stereocenters. The second-order valence-electron chi connectivity index (χ2n) is 11.0. The van der Waals surface area contributed by atoms with Crippen LogP contribution < -0.4 is 5.63 Å². The Kier molecular flexibility index (Phi) is 4.96. The van der Waals surface area contributed by atoms with Gasteiger partial charge in [0.15, 0.2) is 0 Å². The summed E-state index contributed by atoms with van der Waals surface area (Å²) in [7, 11) is 0. The lowest BCUT2D eigenvalue weighted by Crippen LogP contribution is -2.62. The maximum absolute atomic E-state index is 12.2. The van der Waals surface area contributed by atoms with E-state index in [2.05, 4.69) is 13.8 Å². The Balaban J connectivity index is 1.43. The van der Waals surface area contributed by atoms with Gasteiger partial charge in [-0.3, -0.25) is 0 Å². The summed E-state index contributed by atoms with van der Waals surface area (Å²) in [6, 6.07) is 3.42. The summed E-state index contributed by atoms with van der Waals surface area (Å²) in [6.45, 7) is 4.57. The predicted octanol–water partition coefficient (Wildman–Crippen LogP) is 4.22. The van der Waals surface area contributed by atoms with E-state index in [1.807, 2.05) is 6.07 Å². The molecule has 4 fully saturated rings. The summed E-state index contributed by atoms with van der Waals surface area (Å²) in [5.41, 5.74) is 0.186. The highest BCUT2D eigenvalue weighted by molar-refractivity contribution is 5.27. The Morgan fingerprint density at radius 2 is 1.90 bits per heavy atom. The van der Waals surface area contributed by atoms with Crippen LogP contribution in [0.5, 0.6) is 0 Å². The van der Waals surface area contributed by atoms with Crippen molar-refractivity contribution in [3.05, 3.63) is 34.4 Å². The average Bonchev–Trinajstić information content (AvgIpc) is 3.01. The quantitative estimate of drug-likeness (QED) is 0.722. The van der Waals surface area contributed by atoms with Gasteiger partial charge in [-0.25, -0.2) is 4.79 Å². The highest BCUT2D eigenvalue weighted by Gasteiger charge is 2.67. The highest BCUT2D eigenvalue weighted by Crippen LogP contribution is 2.70. The second kappa shape index (κ2) is 7.18. The number of aliphatic hydroxyl groups is 2. The van der Waals surface area contributed by atoms with Gasteiger partial charge in [-0.05, 0) is 98.5 Å². The molecule has 0 aromatic carbocycles. The van der Waals surface area contributed by atoms with Crippen LogP contribution in [0, 0.1) is 28.6 Å². The van der Waals surface area contributed by atoms with Crippen molar-refractivity contribution in [2.45, 2.75) is 89.3 Å². The molecule has 30 heavy (non-hydrogen) atoms. The first kappa shape index (κ1) is 20.7. The zero-order chi connectivity index (χ0) is 21.1. The Bertz CT molecular complexity index is 830. The van der Waals surface area contributed by atoms with Crippen molar-refractivity contribution in [3.63, 3.8) is 0 Å². The molecule has 8 unspecified atom stereocenters. The topological polar surface area (TPSA) is 79.9 Å². The third-order valence-electron chi connectivity index (χ3n) is 10.2. The Hall–Kier alpha value is -1.17. The third-order valence-corrected chi connectivity index (χ3v) is 10.2. The number of aliphatic hydroxyl groups excluding tert-OH is 1. The monoisotopic (exact) mass is 416 g/mol. The predicted molar refractivity (Wildman–Crippen MR) is 113 cm³/mol. The summed E-state index contributed by atoms with van der Waals surface area (Å²) in [4.78, 5) is 11.4. The molecule has 4 aliphatic carbocycles. The van der Waals surface area contributed by atoms with E-state index >= 15 is 0 Å². The van der Waals surface area contributed by atoms with Crippen LogP contribution in [0.3, 0.4) is 0 Å². The SMILES string of the molecule is CC12CCC(OCO)CC1CCC1C2CCC2(C)C(c3ccc(=O)oc3)CCC12O. The van der Waals surface area contributed by atoms with Crippen molar-refractivity contribution < 1.29 is 19.4 Å². The fourth-order valence-electron chi connectivity index (χ4n) is 8.54. The van der Waals surface area contributed by atoms with E-state index < -0.39 is 5.60 Å². The Labute approximate surface area is 178 Å². The fourth-order valence-corrected chi connectivity index (χ4v) is 8.54. The molecule has 0 aliphatic heterocycles. The number of hydrogen-bond acceptors (Lipinski definition) is 5. The van der Waals surface area contributed by atoms with E-state index in [0.29, 0.717) is 17.8 Å². The van der Waals surface area contributed by atoms with E-state index in [9.17, 15) is 15.0 Å². The standard InChI is InChI=1S/C25H36O5/c1-23-10-7-18(30-15-26)13-17(23)4-5-21-20(23)8-11-24(2)19(9-12-25(21,24)28)16-3-6-22(27)29-14-16/h3,6,14,17-21,26,28H,4-5,7-13,15H2,1-2H3. The van der Waals surface area contributed by atoms with Gasteiger partial charge >= 0.3 is 5.63 Å². The molecule has 5 nitrogen and oxygen atoms in total. The largest absolute Gasteiger partial charge is 0.431 e. The molecule has 166 valence electrons. The van der Waals surface area contributed by atoms with E-state index in [1.165, 1.54) is 6.07 Å². The molecule has 0 saturated heterocycles. The van der Waals surface area contributed by atoms with Gasteiger partial charge in [-0.15, -0.1) is 0 Å². The van der Waals surface area contributed by atoms with Crippen LogP contribution >= 0.6 is 0 Å². The number of ether oxygens (including phenoxy) is 1. The summed E-state index contributed by atoms with van der Waals surface area (Å²) >= 11 is 0. The van der Waals surface area contributed by atoms with Crippen molar-refractivity contribution in [1.82, 2.24) is 0 Å². The molecule has 0 bridgehead atoms. The van der Waals surface area contributed by atoms with Crippen molar-refractivity contribution >= 4 is 0 Å². The average molecular weight is 417 g/mol. The molecule has 0 radical (unpaired) electrons. The molecule has 1 aromatic heterocycles. The highest BCUT2D eigenvalue weighted by atomic mass is 16.6. The molecule has 1 aromatic rings. The van der Waals surface area contributed by atoms with Gasteiger partial charge in [-0.2, -0.15) is 0 Å². The lowest BCUT2D eigenvalue weighted by Gasteiger charge is -2.63. The minimum atomic E-state index is -0.650. The van der Waals surface area contributed by atoms with Gasteiger partial charge < -0.3 is 19.4 Å². The maximum atomic E-state index is 12.2. The van der Waals surface area contributed by atoms with Crippen LogP contribution in [-0.2, 0) is 4.74 Å². The molecule has 0 spiro atoms. The van der Waals surface area contributed by atoms with Gasteiger partial charge in [0.25, 0.3) is 0 Å². The van der Waals surface area contributed by atoms with Gasteiger partial charge in [0.2, 0.25) is 0 Å². The van der Waals surface area contributed by atoms with Gasteiger partial charge in [0.1, 0.15) is 6.79 Å². The summed E-state index contributed by atoms with van der Waals surface area (Å²) < 4.78 is 10.7. The zero-order valence-corrected chi connectivity index (χ0v) is 18.3. The van der Waals surface area contributed by atoms with Crippen molar-refractivity contribution in [2.75, 3.05) is 6.79 Å². The van der Waals surface area contributed by atoms with Crippen molar-refractivity contribution in [2.24, 2.45) is 28.6 Å². The van der Waals surface area contributed by atoms with Crippen molar-refractivity contribution in [3.8, 4) is 0 Å². The van der Waals surface area contributed by atoms with Crippen LogP contribution in [0.1, 0.15) is 83.1 Å². The first-order valence-corrected chi connectivity index (χ1v) is 11.9. The van der Waals surface area contributed by atoms with Gasteiger partial charge in [-0.1, -0.05) is 13.8 Å². The molecule has 1 heterocycles. The van der Waals surface area contributed by atoms with E-state index in [-0.39, 0.29) is 35.3 Å². The Morgan fingerprint density at radius 1 is 1.07 bits per heavy atom. The first-order chi connectivity index (χ1) is 14.3. The van der Waals surface area contributed by atoms with Gasteiger partial charge in [0.05, 0.1) is 18.0 Å². The number of fused-ring (bicyclic) bond motifs is 5. The van der Waals surface area contributed by atoms with Crippen LogP contribution in [0.4, 0.5) is 0 Å². The minimum absolute atomic E-state index is 0.172.